The summed E-state index contributed by atoms with van der Waals surface area (Å²) < 4.78 is 24.6. The molecular weight excluding hydrogens is 409 g/mol. The molecule has 0 fully saturated rings. The molecule has 2 aromatic carbocycles. The van der Waals surface area contributed by atoms with Crippen molar-refractivity contribution in [1.29, 1.82) is 0 Å². The van der Waals surface area contributed by atoms with E-state index in [9.17, 15) is 9.18 Å². The molecule has 7 heteroatoms. The smallest absolute Gasteiger partial charge is 0.253 e. The van der Waals surface area contributed by atoms with Gasteiger partial charge in [-0.05, 0) is 65.7 Å². The number of halogens is 1. The number of pyridine rings is 2. The molecule has 4 aromatic rings. The summed E-state index contributed by atoms with van der Waals surface area (Å²) in [6.07, 6.45) is 4.82. The highest BCUT2D eigenvalue weighted by atomic mass is 19.1. The van der Waals surface area contributed by atoms with Crippen molar-refractivity contribution in [3.05, 3.63) is 114 Å². The number of nitrogens with zero attached hydrogens (tertiary/aromatic N) is 2. The molecule has 6 nitrogen and oxygen atoms in total. The molecule has 0 aliphatic rings. The molecule has 0 unspecified atom stereocenters. The minimum Gasteiger partial charge on any atom is -0.489 e. The van der Waals surface area contributed by atoms with Gasteiger partial charge in [0.2, 0.25) is 5.88 Å². The van der Waals surface area contributed by atoms with Gasteiger partial charge >= 0.3 is 0 Å². The van der Waals surface area contributed by atoms with Gasteiger partial charge in [-0.1, -0.05) is 12.1 Å². The molecule has 0 saturated carbocycles. The highest BCUT2D eigenvalue weighted by Crippen LogP contribution is 2.23. The second kappa shape index (κ2) is 10.2. The first-order valence-electron chi connectivity index (χ1n) is 9.94. The Morgan fingerprint density at radius 1 is 0.906 bits per heavy atom. The lowest BCUT2D eigenvalue weighted by molar-refractivity contribution is 0.0950. The summed E-state index contributed by atoms with van der Waals surface area (Å²) in [5.41, 5.74) is 2.15. The summed E-state index contributed by atoms with van der Waals surface area (Å²) in [5, 5.41) is 2.84. The van der Waals surface area contributed by atoms with Crippen molar-refractivity contribution in [1.82, 2.24) is 15.3 Å². The number of hydrogen-bond acceptors (Lipinski definition) is 5. The maximum absolute atomic E-state index is 13.2. The van der Waals surface area contributed by atoms with Gasteiger partial charge in [0.05, 0.1) is 5.56 Å². The van der Waals surface area contributed by atoms with Crippen LogP contribution in [0.25, 0.3) is 0 Å². The summed E-state index contributed by atoms with van der Waals surface area (Å²) in [7, 11) is 0. The van der Waals surface area contributed by atoms with E-state index in [1.807, 2.05) is 12.1 Å². The van der Waals surface area contributed by atoms with E-state index in [-0.39, 0.29) is 18.3 Å². The predicted octanol–water partition coefficient (Wildman–Crippen LogP) is 4.92. The normalized spacial score (nSPS) is 10.4. The van der Waals surface area contributed by atoms with E-state index in [2.05, 4.69) is 15.3 Å². The van der Waals surface area contributed by atoms with Gasteiger partial charge < -0.3 is 14.8 Å². The van der Waals surface area contributed by atoms with Gasteiger partial charge in [-0.25, -0.2) is 9.37 Å². The van der Waals surface area contributed by atoms with Crippen LogP contribution in [0.15, 0.2) is 91.4 Å². The van der Waals surface area contributed by atoms with E-state index in [1.165, 1.54) is 18.3 Å². The van der Waals surface area contributed by atoms with E-state index >= 15 is 0 Å². The van der Waals surface area contributed by atoms with Crippen LogP contribution in [0.3, 0.4) is 0 Å². The summed E-state index contributed by atoms with van der Waals surface area (Å²) >= 11 is 0. The molecule has 0 bridgehead atoms. The minimum absolute atomic E-state index is 0.222. The minimum atomic E-state index is -0.292. The maximum Gasteiger partial charge on any atom is 0.253 e. The van der Waals surface area contributed by atoms with Gasteiger partial charge in [-0.3, -0.25) is 9.78 Å². The third kappa shape index (κ3) is 5.89. The predicted molar refractivity (Wildman–Crippen MR) is 117 cm³/mol. The lowest BCUT2D eigenvalue weighted by Crippen LogP contribution is -2.22. The third-order valence-corrected chi connectivity index (χ3v) is 4.54. The monoisotopic (exact) mass is 429 g/mol. The summed E-state index contributed by atoms with van der Waals surface area (Å²) in [4.78, 5) is 20.4. The van der Waals surface area contributed by atoms with Gasteiger partial charge in [0.25, 0.3) is 5.91 Å². The van der Waals surface area contributed by atoms with Gasteiger partial charge in [-0.2, -0.15) is 0 Å². The maximum atomic E-state index is 13.2. The van der Waals surface area contributed by atoms with Crippen LogP contribution in [0.1, 0.15) is 21.5 Å². The molecule has 0 aliphatic carbocycles. The molecule has 2 aromatic heterocycles. The Morgan fingerprint density at radius 3 is 2.41 bits per heavy atom. The Balaban J connectivity index is 1.28. The molecule has 2 heterocycles. The second-order valence-electron chi connectivity index (χ2n) is 6.92. The zero-order valence-corrected chi connectivity index (χ0v) is 17.1. The highest BCUT2D eigenvalue weighted by molar-refractivity contribution is 5.93. The molecular formula is C25H20FN3O3. The standard InChI is InChI=1S/C25H20FN3O3/c26-21-3-1-2-19(14-21)17-31-22-5-7-23(8-6-22)32-24-9-4-20(16-28-24)25(30)29-15-18-10-12-27-13-11-18/h1-14,16H,15,17H2,(H,29,30). The quantitative estimate of drug-likeness (QED) is 0.431. The number of rotatable bonds is 8. The number of aromatic nitrogens is 2. The Labute approximate surface area is 184 Å². The number of carbonyl (C=O) groups excluding carboxylic acids is 1. The average Bonchev–Trinajstić information content (AvgIpc) is 2.83. The SMILES string of the molecule is O=C(NCc1ccncc1)c1ccc(Oc2ccc(OCc3cccc(F)c3)cc2)nc1. The average molecular weight is 429 g/mol. The van der Waals surface area contributed by atoms with Crippen LogP contribution in [0.4, 0.5) is 4.39 Å². The molecule has 0 atom stereocenters. The number of amides is 1. The lowest BCUT2D eigenvalue weighted by atomic mass is 10.2. The van der Waals surface area contributed by atoms with Crippen LogP contribution < -0.4 is 14.8 Å². The molecule has 0 saturated heterocycles. The van der Waals surface area contributed by atoms with Gasteiger partial charge in [0, 0.05) is 31.2 Å². The van der Waals surface area contributed by atoms with Gasteiger partial charge in [0.15, 0.2) is 0 Å². The number of nitrogens with one attached hydrogen (secondary N) is 1. The Kier molecular flexibility index (Phi) is 6.67. The third-order valence-electron chi connectivity index (χ3n) is 4.54. The molecule has 0 radical (unpaired) electrons. The van der Waals surface area contributed by atoms with Crippen molar-refractivity contribution in [2.75, 3.05) is 0 Å². The van der Waals surface area contributed by atoms with Gasteiger partial charge in [0.1, 0.15) is 23.9 Å². The van der Waals surface area contributed by atoms with Crippen molar-refractivity contribution in [3.63, 3.8) is 0 Å². The van der Waals surface area contributed by atoms with Crippen molar-refractivity contribution in [2.45, 2.75) is 13.2 Å². The molecule has 4 rings (SSSR count). The summed E-state index contributed by atoms with van der Waals surface area (Å²) in [6, 6.07) is 20.3. The zero-order chi connectivity index (χ0) is 22.2. The number of carbonyl (C=O) groups is 1. The van der Waals surface area contributed by atoms with Crippen LogP contribution in [0, 0.1) is 5.82 Å². The fourth-order valence-corrected chi connectivity index (χ4v) is 2.88. The Hall–Kier alpha value is -4.26. The van der Waals surface area contributed by atoms with Crippen molar-refractivity contribution in [2.24, 2.45) is 0 Å². The lowest BCUT2D eigenvalue weighted by Gasteiger charge is -2.09. The van der Waals surface area contributed by atoms with Crippen LogP contribution >= 0.6 is 0 Å². The van der Waals surface area contributed by atoms with Crippen LogP contribution in [-0.4, -0.2) is 15.9 Å². The van der Waals surface area contributed by atoms with Gasteiger partial charge in [-0.15, -0.1) is 0 Å². The first-order chi connectivity index (χ1) is 15.7. The van der Waals surface area contributed by atoms with E-state index < -0.39 is 0 Å². The van der Waals surface area contributed by atoms with Crippen LogP contribution in [-0.2, 0) is 13.2 Å². The van der Waals surface area contributed by atoms with Crippen molar-refractivity contribution >= 4 is 5.91 Å². The number of hydrogen-bond donors (Lipinski definition) is 1. The zero-order valence-electron chi connectivity index (χ0n) is 17.1. The first kappa shape index (κ1) is 21.0. The van der Waals surface area contributed by atoms with E-state index in [4.69, 9.17) is 9.47 Å². The van der Waals surface area contributed by atoms with E-state index in [0.717, 1.165) is 11.1 Å². The number of benzene rings is 2. The van der Waals surface area contributed by atoms with Crippen molar-refractivity contribution in [3.8, 4) is 17.4 Å². The molecule has 1 amide bonds. The second-order valence-corrected chi connectivity index (χ2v) is 6.92. The summed E-state index contributed by atoms with van der Waals surface area (Å²) in [6.45, 7) is 0.678. The van der Waals surface area contributed by atoms with Crippen LogP contribution in [0.2, 0.25) is 0 Å². The topological polar surface area (TPSA) is 73.3 Å². The molecule has 0 aliphatic heterocycles. The Morgan fingerprint density at radius 2 is 1.69 bits per heavy atom. The molecule has 1 N–H and O–H groups in total. The fourth-order valence-electron chi connectivity index (χ4n) is 2.88. The largest absolute Gasteiger partial charge is 0.489 e. The van der Waals surface area contributed by atoms with E-state index in [0.29, 0.717) is 29.5 Å². The molecule has 160 valence electrons. The summed E-state index contributed by atoms with van der Waals surface area (Å²) in [5.74, 6) is 1.06. The first-order valence-corrected chi connectivity index (χ1v) is 9.94. The molecule has 32 heavy (non-hydrogen) atoms. The number of ether oxygens (including phenoxy) is 2. The highest BCUT2D eigenvalue weighted by Gasteiger charge is 2.07. The Bertz CT molecular complexity index is 1170. The van der Waals surface area contributed by atoms with Crippen LogP contribution in [0.5, 0.6) is 17.4 Å². The van der Waals surface area contributed by atoms with E-state index in [1.54, 1.807) is 60.9 Å². The molecule has 0 spiro atoms. The fraction of sp³-hybridized carbons (Fsp3) is 0.0800. The van der Waals surface area contributed by atoms with Crippen molar-refractivity contribution < 1.29 is 18.7 Å².